The average molecular weight is 299 g/mol. The number of benzene rings is 1. The number of nitro benzene ring substituents is 1. The summed E-state index contributed by atoms with van der Waals surface area (Å²) in [5.74, 6) is 0.390. The van der Waals surface area contributed by atoms with E-state index in [0.717, 1.165) is 11.8 Å². The van der Waals surface area contributed by atoms with Gasteiger partial charge >= 0.3 is 0 Å². The molecule has 0 amide bonds. The lowest BCUT2D eigenvalue weighted by Crippen LogP contribution is -2.20. The zero-order valence-electron chi connectivity index (χ0n) is 11.3. The van der Waals surface area contributed by atoms with E-state index in [1.165, 1.54) is 26.0 Å². The van der Waals surface area contributed by atoms with E-state index in [0.29, 0.717) is 16.9 Å². The summed E-state index contributed by atoms with van der Waals surface area (Å²) in [6.45, 7) is 2.96. The first-order valence-electron chi connectivity index (χ1n) is 6.08. The molecule has 110 valence electrons. The molecule has 1 rings (SSSR count). The van der Waals surface area contributed by atoms with E-state index in [1.807, 2.05) is 0 Å². The van der Waals surface area contributed by atoms with Crippen LogP contribution in [0.3, 0.4) is 0 Å². The molecule has 7 heteroatoms. The van der Waals surface area contributed by atoms with Gasteiger partial charge in [0.25, 0.3) is 5.69 Å². The molecule has 0 spiro atoms. The van der Waals surface area contributed by atoms with E-state index in [-0.39, 0.29) is 17.2 Å². The molecule has 2 N–H and O–H groups in total. The normalized spacial score (nSPS) is 13.8. The lowest BCUT2D eigenvalue weighted by Gasteiger charge is -2.19. The van der Waals surface area contributed by atoms with Gasteiger partial charge in [-0.05, 0) is 18.9 Å². The van der Waals surface area contributed by atoms with Crippen LogP contribution in [0.2, 0.25) is 0 Å². The first-order valence-corrected chi connectivity index (χ1v) is 7.06. The van der Waals surface area contributed by atoms with Crippen LogP contribution >= 0.6 is 11.8 Å². The highest BCUT2D eigenvalue weighted by Crippen LogP contribution is 2.28. The summed E-state index contributed by atoms with van der Waals surface area (Å²) in [6.07, 6.45) is -2.04. The van der Waals surface area contributed by atoms with Gasteiger partial charge in [0.2, 0.25) is 0 Å². The minimum Gasteiger partial charge on any atom is -0.390 e. The van der Waals surface area contributed by atoms with Gasteiger partial charge < -0.3 is 10.2 Å². The largest absolute Gasteiger partial charge is 0.390 e. The molecule has 2 unspecified atom stereocenters. The van der Waals surface area contributed by atoms with Gasteiger partial charge in [-0.25, -0.2) is 0 Å². The zero-order chi connectivity index (χ0) is 15.3. The minimum absolute atomic E-state index is 0.0572. The molecule has 0 saturated carbocycles. The van der Waals surface area contributed by atoms with Crippen LogP contribution in [0.1, 0.15) is 30.6 Å². The Hall–Kier alpha value is -1.44. The third kappa shape index (κ3) is 4.29. The van der Waals surface area contributed by atoms with Gasteiger partial charge in [-0.3, -0.25) is 14.9 Å². The van der Waals surface area contributed by atoms with Crippen LogP contribution in [0.15, 0.2) is 18.2 Å². The molecule has 6 nitrogen and oxygen atoms in total. The summed E-state index contributed by atoms with van der Waals surface area (Å²) in [6, 6.07) is 4.37. The molecular weight excluding hydrogens is 282 g/mol. The summed E-state index contributed by atoms with van der Waals surface area (Å²) >= 11 is 1.07. The zero-order valence-corrected chi connectivity index (χ0v) is 12.1. The van der Waals surface area contributed by atoms with E-state index in [1.54, 1.807) is 6.07 Å². The lowest BCUT2D eigenvalue weighted by molar-refractivity contribution is -0.385. The van der Waals surface area contributed by atoms with E-state index < -0.39 is 17.1 Å². The molecule has 1 aromatic rings. The molecule has 20 heavy (non-hydrogen) atoms. The summed E-state index contributed by atoms with van der Waals surface area (Å²) in [7, 11) is 0. The fraction of sp³-hybridized carbons (Fsp3) is 0.462. The number of carbonyl (C=O) groups excluding carboxylic acids is 1. The Morgan fingerprint density at radius 3 is 2.65 bits per heavy atom. The topological polar surface area (TPSA) is 101 Å². The Balaban J connectivity index is 2.81. The van der Waals surface area contributed by atoms with Crippen molar-refractivity contribution in [2.24, 2.45) is 0 Å². The highest BCUT2D eigenvalue weighted by atomic mass is 32.2. The van der Waals surface area contributed by atoms with Crippen molar-refractivity contribution < 1.29 is 19.9 Å². The fourth-order valence-corrected chi connectivity index (χ4v) is 2.49. The van der Waals surface area contributed by atoms with Crippen molar-refractivity contribution in [2.75, 3.05) is 5.75 Å². The van der Waals surface area contributed by atoms with Crippen molar-refractivity contribution in [1.29, 1.82) is 0 Å². The second-order valence-corrected chi connectivity index (χ2v) is 5.66. The molecule has 0 bridgehead atoms. The van der Waals surface area contributed by atoms with Crippen molar-refractivity contribution in [1.82, 2.24) is 0 Å². The Kier molecular flexibility index (Phi) is 6.12. The van der Waals surface area contributed by atoms with Gasteiger partial charge in [0.15, 0.2) is 5.12 Å². The number of aliphatic hydroxyl groups is 2. The second kappa shape index (κ2) is 7.37. The number of hydrogen-bond acceptors (Lipinski definition) is 6. The number of hydrogen-bond donors (Lipinski definition) is 2. The SMILES string of the molecule is CC(=O)SCCC(O)C(O)c1cccc([N+](=O)[O-])c1C. The predicted octanol–water partition coefficient (Wildman–Crippen LogP) is 1.97. The molecular formula is C13H17NO5S. The van der Waals surface area contributed by atoms with Crippen LogP contribution < -0.4 is 0 Å². The third-order valence-corrected chi connectivity index (χ3v) is 3.79. The quantitative estimate of drug-likeness (QED) is 0.615. The molecule has 0 heterocycles. The van der Waals surface area contributed by atoms with Crippen molar-refractivity contribution in [2.45, 2.75) is 32.5 Å². The first-order chi connectivity index (χ1) is 9.34. The van der Waals surface area contributed by atoms with E-state index in [2.05, 4.69) is 0 Å². The Morgan fingerprint density at radius 1 is 1.45 bits per heavy atom. The molecule has 0 aliphatic rings. The van der Waals surface area contributed by atoms with Crippen LogP contribution in [0, 0.1) is 17.0 Å². The van der Waals surface area contributed by atoms with Crippen LogP contribution in [0.4, 0.5) is 5.69 Å². The molecule has 2 atom stereocenters. The van der Waals surface area contributed by atoms with Crippen molar-refractivity contribution >= 4 is 22.6 Å². The molecule has 0 aliphatic carbocycles. The molecule has 0 fully saturated rings. The number of aliphatic hydroxyl groups excluding tert-OH is 2. The van der Waals surface area contributed by atoms with Gasteiger partial charge in [0.05, 0.1) is 11.0 Å². The number of nitrogens with zero attached hydrogens (tertiary/aromatic N) is 1. The summed E-state index contributed by atoms with van der Waals surface area (Å²) in [4.78, 5) is 21.1. The number of thioether (sulfide) groups is 1. The second-order valence-electron chi connectivity index (χ2n) is 4.39. The van der Waals surface area contributed by atoms with Crippen LogP contribution in [0.5, 0.6) is 0 Å². The van der Waals surface area contributed by atoms with E-state index in [4.69, 9.17) is 0 Å². The molecule has 0 saturated heterocycles. The lowest BCUT2D eigenvalue weighted by atomic mass is 9.97. The first kappa shape index (κ1) is 16.6. The average Bonchev–Trinajstić information content (AvgIpc) is 2.37. The number of rotatable bonds is 6. The van der Waals surface area contributed by atoms with Gasteiger partial charge in [0.1, 0.15) is 6.10 Å². The molecule has 0 aliphatic heterocycles. The Labute approximate surface area is 121 Å². The van der Waals surface area contributed by atoms with Crippen molar-refractivity contribution in [3.63, 3.8) is 0 Å². The third-order valence-electron chi connectivity index (χ3n) is 2.95. The summed E-state index contributed by atoms with van der Waals surface area (Å²) in [5, 5.41) is 30.7. The number of carbonyl (C=O) groups is 1. The van der Waals surface area contributed by atoms with E-state index in [9.17, 15) is 25.1 Å². The number of nitro groups is 1. The van der Waals surface area contributed by atoms with Gasteiger partial charge in [-0.1, -0.05) is 23.9 Å². The highest BCUT2D eigenvalue weighted by molar-refractivity contribution is 8.13. The molecule has 0 radical (unpaired) electrons. The highest BCUT2D eigenvalue weighted by Gasteiger charge is 2.23. The van der Waals surface area contributed by atoms with Crippen molar-refractivity contribution in [3.05, 3.63) is 39.4 Å². The molecule has 0 aromatic heterocycles. The van der Waals surface area contributed by atoms with Gasteiger partial charge in [-0.15, -0.1) is 0 Å². The monoisotopic (exact) mass is 299 g/mol. The maximum Gasteiger partial charge on any atom is 0.272 e. The summed E-state index contributed by atoms with van der Waals surface area (Å²) in [5.41, 5.74) is 0.578. The maximum absolute atomic E-state index is 10.8. The van der Waals surface area contributed by atoms with Gasteiger partial charge in [-0.2, -0.15) is 0 Å². The van der Waals surface area contributed by atoms with E-state index >= 15 is 0 Å². The maximum atomic E-state index is 10.8. The smallest absolute Gasteiger partial charge is 0.272 e. The predicted molar refractivity (Wildman–Crippen MR) is 76.6 cm³/mol. The molecule has 1 aromatic carbocycles. The fourth-order valence-electron chi connectivity index (χ4n) is 1.85. The standard InChI is InChI=1S/C13H17NO5S/c1-8-10(4-3-5-11(8)14(18)19)13(17)12(16)6-7-20-9(2)15/h3-5,12-13,16-17H,6-7H2,1-2H3. The summed E-state index contributed by atoms with van der Waals surface area (Å²) < 4.78 is 0. The van der Waals surface area contributed by atoms with Crippen molar-refractivity contribution in [3.8, 4) is 0 Å². The Bertz CT molecular complexity index is 506. The Morgan fingerprint density at radius 2 is 2.10 bits per heavy atom. The van der Waals surface area contributed by atoms with Crippen LogP contribution in [-0.4, -0.2) is 32.1 Å². The minimum atomic E-state index is -1.21. The van der Waals surface area contributed by atoms with Crippen LogP contribution in [0.25, 0.3) is 0 Å². The van der Waals surface area contributed by atoms with Gasteiger partial charge in [0, 0.05) is 24.3 Å². The van der Waals surface area contributed by atoms with Crippen LogP contribution in [-0.2, 0) is 4.79 Å².